The Kier molecular flexibility index (Phi) is 6.59. The van der Waals surface area contributed by atoms with Gasteiger partial charge in [0.15, 0.2) is 11.5 Å². The van der Waals surface area contributed by atoms with Crippen LogP contribution in [0.3, 0.4) is 0 Å². The van der Waals surface area contributed by atoms with Crippen molar-refractivity contribution >= 4 is 28.4 Å². The van der Waals surface area contributed by atoms with Gasteiger partial charge < -0.3 is 19.5 Å². The molecule has 1 saturated heterocycles. The molecule has 1 aliphatic rings. The Labute approximate surface area is 186 Å². The van der Waals surface area contributed by atoms with E-state index in [4.69, 9.17) is 25.8 Å². The van der Waals surface area contributed by atoms with E-state index >= 15 is 0 Å². The van der Waals surface area contributed by atoms with Crippen LogP contribution in [0, 0.1) is 6.92 Å². The second-order valence-electron chi connectivity index (χ2n) is 7.57. The number of methoxy groups -OCH3 is 1. The lowest BCUT2D eigenvalue weighted by Crippen LogP contribution is -2.24. The molecule has 7 heteroatoms. The highest BCUT2D eigenvalue weighted by Gasteiger charge is 2.17. The quantitative estimate of drug-likeness (QED) is 0.577. The molecule has 1 aliphatic heterocycles. The molecule has 1 aromatic heterocycles. The third-order valence-electron chi connectivity index (χ3n) is 5.34. The van der Waals surface area contributed by atoms with Crippen LogP contribution >= 0.6 is 11.6 Å². The van der Waals surface area contributed by atoms with Gasteiger partial charge in [-0.3, -0.25) is 9.78 Å². The molecule has 4 rings (SSSR count). The van der Waals surface area contributed by atoms with Crippen molar-refractivity contribution in [1.29, 1.82) is 0 Å². The smallest absolute Gasteiger partial charge is 0.253 e. The summed E-state index contributed by atoms with van der Waals surface area (Å²) in [5.41, 5.74) is 2.91. The Morgan fingerprint density at radius 2 is 2.10 bits per heavy atom. The number of hydrogen-bond acceptors (Lipinski definition) is 5. The summed E-state index contributed by atoms with van der Waals surface area (Å²) in [4.78, 5) is 17.3. The molecule has 2 heterocycles. The van der Waals surface area contributed by atoms with Gasteiger partial charge in [0.2, 0.25) is 0 Å². The van der Waals surface area contributed by atoms with E-state index in [1.54, 1.807) is 19.2 Å². The predicted molar refractivity (Wildman–Crippen MR) is 120 cm³/mol. The highest BCUT2D eigenvalue weighted by molar-refractivity contribution is 6.31. The standard InChI is InChI=1S/C24H25ClN2O4/c1-15-20(12-17-11-18(25)6-7-21(17)27-15)24(28)26-13-16-5-8-22(23(10-16)29-2)31-14-19-4-3-9-30-19/h5-8,10-12,19H,3-4,9,13-14H2,1-2H3,(H,26,28). The molecular formula is C24H25ClN2O4. The second-order valence-corrected chi connectivity index (χ2v) is 8.01. The summed E-state index contributed by atoms with van der Waals surface area (Å²) in [5, 5.41) is 4.40. The number of aryl methyl sites for hydroxylation is 1. The van der Waals surface area contributed by atoms with E-state index in [1.165, 1.54) is 0 Å². The van der Waals surface area contributed by atoms with E-state index < -0.39 is 0 Å². The Hall–Kier alpha value is -2.83. The fraction of sp³-hybridized carbons (Fsp3) is 0.333. The average molecular weight is 441 g/mol. The maximum Gasteiger partial charge on any atom is 0.253 e. The first-order chi connectivity index (χ1) is 15.0. The molecule has 2 aromatic carbocycles. The van der Waals surface area contributed by atoms with Crippen molar-refractivity contribution in [2.45, 2.75) is 32.4 Å². The number of fused-ring (bicyclic) bond motifs is 1. The number of aromatic nitrogens is 1. The number of nitrogens with one attached hydrogen (secondary N) is 1. The zero-order valence-corrected chi connectivity index (χ0v) is 18.4. The lowest BCUT2D eigenvalue weighted by atomic mass is 10.1. The van der Waals surface area contributed by atoms with Crippen molar-refractivity contribution in [2.24, 2.45) is 0 Å². The Bertz CT molecular complexity index is 1100. The van der Waals surface area contributed by atoms with Gasteiger partial charge in [-0.15, -0.1) is 0 Å². The van der Waals surface area contributed by atoms with Gasteiger partial charge in [0.1, 0.15) is 6.61 Å². The molecule has 0 saturated carbocycles. The number of rotatable bonds is 7. The largest absolute Gasteiger partial charge is 0.493 e. The van der Waals surface area contributed by atoms with Gasteiger partial charge in [-0.2, -0.15) is 0 Å². The highest BCUT2D eigenvalue weighted by Crippen LogP contribution is 2.29. The van der Waals surface area contributed by atoms with E-state index in [0.717, 1.165) is 35.9 Å². The van der Waals surface area contributed by atoms with Crippen LogP contribution in [0.2, 0.25) is 5.02 Å². The first-order valence-corrected chi connectivity index (χ1v) is 10.7. The molecule has 162 valence electrons. The number of benzene rings is 2. The van der Waals surface area contributed by atoms with Crippen LogP contribution in [-0.4, -0.2) is 37.3 Å². The van der Waals surface area contributed by atoms with Crippen molar-refractivity contribution in [2.75, 3.05) is 20.3 Å². The molecule has 6 nitrogen and oxygen atoms in total. The zero-order valence-electron chi connectivity index (χ0n) is 17.6. The summed E-state index contributed by atoms with van der Waals surface area (Å²) >= 11 is 6.07. The maximum absolute atomic E-state index is 12.8. The topological polar surface area (TPSA) is 69.7 Å². The summed E-state index contributed by atoms with van der Waals surface area (Å²) in [6.45, 7) is 3.48. The fourth-order valence-electron chi connectivity index (χ4n) is 3.65. The third kappa shape index (κ3) is 5.09. The molecule has 3 aromatic rings. The van der Waals surface area contributed by atoms with E-state index in [-0.39, 0.29) is 12.0 Å². The van der Waals surface area contributed by atoms with Crippen LogP contribution < -0.4 is 14.8 Å². The summed E-state index contributed by atoms with van der Waals surface area (Å²) in [6, 6.07) is 12.9. The van der Waals surface area contributed by atoms with Crippen molar-refractivity contribution in [1.82, 2.24) is 10.3 Å². The van der Waals surface area contributed by atoms with Crippen molar-refractivity contribution in [3.63, 3.8) is 0 Å². The fourth-order valence-corrected chi connectivity index (χ4v) is 3.83. The van der Waals surface area contributed by atoms with Gasteiger partial charge in [-0.05, 0) is 61.7 Å². The molecule has 1 fully saturated rings. The lowest BCUT2D eigenvalue weighted by molar-refractivity contribution is 0.0669. The third-order valence-corrected chi connectivity index (χ3v) is 5.58. The SMILES string of the molecule is COc1cc(CNC(=O)c2cc3cc(Cl)ccc3nc2C)ccc1OCC1CCCO1. The van der Waals surface area contributed by atoms with Gasteiger partial charge in [-0.25, -0.2) is 0 Å². The molecular weight excluding hydrogens is 416 g/mol. The van der Waals surface area contributed by atoms with Gasteiger partial charge in [-0.1, -0.05) is 17.7 Å². The second kappa shape index (κ2) is 9.54. The minimum atomic E-state index is -0.190. The number of nitrogens with zero attached hydrogens (tertiary/aromatic N) is 1. The van der Waals surface area contributed by atoms with Crippen LogP contribution in [0.25, 0.3) is 10.9 Å². The van der Waals surface area contributed by atoms with Crippen molar-refractivity contribution in [3.8, 4) is 11.5 Å². The highest BCUT2D eigenvalue weighted by atomic mass is 35.5. The number of halogens is 1. The maximum atomic E-state index is 12.8. The number of carbonyl (C=O) groups is 1. The van der Waals surface area contributed by atoms with Crippen molar-refractivity contribution < 1.29 is 19.0 Å². The molecule has 0 aliphatic carbocycles. The molecule has 31 heavy (non-hydrogen) atoms. The monoisotopic (exact) mass is 440 g/mol. The average Bonchev–Trinajstić information content (AvgIpc) is 3.29. The zero-order chi connectivity index (χ0) is 21.8. The summed E-state index contributed by atoms with van der Waals surface area (Å²) < 4.78 is 16.9. The Morgan fingerprint density at radius 3 is 2.87 bits per heavy atom. The first-order valence-electron chi connectivity index (χ1n) is 10.3. The Morgan fingerprint density at radius 1 is 1.23 bits per heavy atom. The summed E-state index contributed by atoms with van der Waals surface area (Å²) in [7, 11) is 1.60. The van der Waals surface area contributed by atoms with E-state index in [9.17, 15) is 4.79 Å². The normalized spacial score (nSPS) is 15.8. The van der Waals surface area contributed by atoms with E-state index in [0.29, 0.717) is 40.9 Å². The van der Waals surface area contributed by atoms with Gasteiger partial charge in [0.25, 0.3) is 5.91 Å². The van der Waals surface area contributed by atoms with E-state index in [2.05, 4.69) is 10.3 Å². The van der Waals surface area contributed by atoms with Gasteiger partial charge in [0.05, 0.1) is 30.0 Å². The molecule has 1 unspecified atom stereocenters. The molecule has 0 spiro atoms. The molecule has 0 bridgehead atoms. The lowest BCUT2D eigenvalue weighted by Gasteiger charge is -2.15. The van der Waals surface area contributed by atoms with Crippen LogP contribution in [0.5, 0.6) is 11.5 Å². The number of hydrogen-bond donors (Lipinski definition) is 1. The number of amides is 1. The van der Waals surface area contributed by atoms with E-state index in [1.807, 2.05) is 37.3 Å². The number of carbonyl (C=O) groups excluding carboxylic acids is 1. The van der Waals surface area contributed by atoms with Gasteiger partial charge >= 0.3 is 0 Å². The van der Waals surface area contributed by atoms with Crippen LogP contribution in [0.4, 0.5) is 0 Å². The van der Waals surface area contributed by atoms with Crippen LogP contribution in [0.1, 0.15) is 34.5 Å². The van der Waals surface area contributed by atoms with Gasteiger partial charge in [0, 0.05) is 23.6 Å². The molecule has 1 amide bonds. The molecule has 1 N–H and O–H groups in total. The Balaban J connectivity index is 1.43. The van der Waals surface area contributed by atoms with Crippen LogP contribution in [-0.2, 0) is 11.3 Å². The minimum absolute atomic E-state index is 0.136. The molecule has 0 radical (unpaired) electrons. The number of ether oxygens (including phenoxy) is 3. The molecule has 1 atom stereocenters. The number of pyridine rings is 1. The summed E-state index contributed by atoms with van der Waals surface area (Å²) in [5.74, 6) is 1.10. The predicted octanol–water partition coefficient (Wildman–Crippen LogP) is 4.69. The first kappa shape index (κ1) is 21.4. The minimum Gasteiger partial charge on any atom is -0.493 e. The summed E-state index contributed by atoms with van der Waals surface area (Å²) in [6.07, 6.45) is 2.22. The van der Waals surface area contributed by atoms with Crippen molar-refractivity contribution in [3.05, 3.63) is 64.3 Å². The van der Waals surface area contributed by atoms with Crippen LogP contribution in [0.15, 0.2) is 42.5 Å².